The van der Waals surface area contributed by atoms with E-state index in [0.717, 1.165) is 59.1 Å². The van der Waals surface area contributed by atoms with Crippen LogP contribution in [0.4, 0.5) is 11.4 Å². The van der Waals surface area contributed by atoms with Crippen molar-refractivity contribution in [3.63, 3.8) is 0 Å². The van der Waals surface area contributed by atoms with Crippen molar-refractivity contribution in [2.75, 3.05) is 32.6 Å². The van der Waals surface area contributed by atoms with Gasteiger partial charge in [-0.25, -0.2) is 4.98 Å². The van der Waals surface area contributed by atoms with Gasteiger partial charge in [-0.1, -0.05) is 6.92 Å². The van der Waals surface area contributed by atoms with E-state index in [-0.39, 0.29) is 5.92 Å². The summed E-state index contributed by atoms with van der Waals surface area (Å²) in [6.07, 6.45) is 4.90. The van der Waals surface area contributed by atoms with Crippen LogP contribution in [0, 0.1) is 0 Å². The summed E-state index contributed by atoms with van der Waals surface area (Å²) < 4.78 is 10.7. The first-order valence-corrected chi connectivity index (χ1v) is 9.74. The number of aromatic nitrogens is 2. The van der Waals surface area contributed by atoms with Gasteiger partial charge >= 0.3 is 0 Å². The maximum atomic E-state index is 5.35. The highest BCUT2D eigenvalue weighted by atomic mass is 16.5. The summed E-state index contributed by atoms with van der Waals surface area (Å²) in [4.78, 5) is 9.44. The molecule has 1 unspecified atom stereocenters. The molecule has 0 spiro atoms. The molecule has 0 fully saturated rings. The lowest BCUT2D eigenvalue weighted by molar-refractivity contribution is 0.310. The van der Waals surface area contributed by atoms with Crippen molar-refractivity contribution in [2.24, 2.45) is 5.10 Å². The van der Waals surface area contributed by atoms with E-state index >= 15 is 0 Å². The third-order valence-corrected chi connectivity index (χ3v) is 4.88. The second-order valence-corrected chi connectivity index (χ2v) is 7.01. The largest absolute Gasteiger partial charge is 0.497 e. The molecule has 0 saturated heterocycles. The average molecular weight is 391 g/mol. The first-order valence-electron chi connectivity index (χ1n) is 9.74. The van der Waals surface area contributed by atoms with Crippen LogP contribution in [0.5, 0.6) is 11.5 Å². The molecule has 2 heterocycles. The molecule has 150 valence electrons. The van der Waals surface area contributed by atoms with Crippen LogP contribution in [0.3, 0.4) is 0 Å². The molecular formula is C22H25N5O2. The summed E-state index contributed by atoms with van der Waals surface area (Å²) >= 11 is 0. The number of ether oxygens (including phenoxy) is 2. The zero-order valence-electron chi connectivity index (χ0n) is 16.9. The molecule has 3 aromatic rings. The lowest BCUT2D eigenvalue weighted by Crippen LogP contribution is -2.18. The maximum Gasteiger partial charge on any atom is 0.124 e. The number of hydrogen-bond donors (Lipinski definition) is 1. The van der Waals surface area contributed by atoms with Gasteiger partial charge < -0.3 is 14.8 Å². The third kappa shape index (κ3) is 4.23. The van der Waals surface area contributed by atoms with Crippen LogP contribution in [-0.4, -0.2) is 48.5 Å². The smallest absolute Gasteiger partial charge is 0.124 e. The molecular weight excluding hydrogens is 366 g/mol. The fourth-order valence-electron chi connectivity index (χ4n) is 3.40. The molecule has 0 saturated carbocycles. The van der Waals surface area contributed by atoms with Crippen molar-refractivity contribution in [3.8, 4) is 11.5 Å². The third-order valence-electron chi connectivity index (χ3n) is 4.88. The van der Waals surface area contributed by atoms with Gasteiger partial charge in [0, 0.05) is 55.1 Å². The van der Waals surface area contributed by atoms with Crippen molar-refractivity contribution in [1.82, 2.24) is 15.0 Å². The summed E-state index contributed by atoms with van der Waals surface area (Å²) in [7, 11) is 3.28. The van der Waals surface area contributed by atoms with Gasteiger partial charge in [-0.15, -0.1) is 0 Å². The van der Waals surface area contributed by atoms with Crippen molar-refractivity contribution >= 4 is 28.6 Å². The van der Waals surface area contributed by atoms with E-state index in [4.69, 9.17) is 14.5 Å². The molecule has 7 nitrogen and oxygen atoms in total. The summed E-state index contributed by atoms with van der Waals surface area (Å²) in [6, 6.07) is 11.7. The molecule has 2 aromatic carbocycles. The first kappa shape index (κ1) is 19.0. The Morgan fingerprint density at radius 1 is 1.03 bits per heavy atom. The van der Waals surface area contributed by atoms with Crippen molar-refractivity contribution in [1.29, 1.82) is 0 Å². The van der Waals surface area contributed by atoms with E-state index in [1.165, 1.54) is 0 Å². The Morgan fingerprint density at radius 2 is 1.83 bits per heavy atom. The topological polar surface area (TPSA) is 71.9 Å². The number of hydrogen-bond acceptors (Lipinski definition) is 7. The van der Waals surface area contributed by atoms with Crippen LogP contribution in [0.1, 0.15) is 25.0 Å². The zero-order chi connectivity index (χ0) is 20.2. The molecule has 1 aromatic heterocycles. The monoisotopic (exact) mass is 391 g/mol. The first-order chi connectivity index (χ1) is 14.2. The number of anilines is 2. The molecule has 29 heavy (non-hydrogen) atoms. The van der Waals surface area contributed by atoms with Crippen LogP contribution in [0.15, 0.2) is 47.7 Å². The summed E-state index contributed by atoms with van der Waals surface area (Å²) in [5.74, 6) is 1.64. The number of benzene rings is 2. The predicted octanol–water partition coefficient (Wildman–Crippen LogP) is 4.19. The Kier molecular flexibility index (Phi) is 5.46. The van der Waals surface area contributed by atoms with E-state index in [0.29, 0.717) is 0 Å². The quantitative estimate of drug-likeness (QED) is 0.651. The van der Waals surface area contributed by atoms with Crippen LogP contribution < -0.4 is 14.8 Å². The highest BCUT2D eigenvalue weighted by molar-refractivity contribution is 5.81. The fourth-order valence-corrected chi connectivity index (χ4v) is 3.40. The van der Waals surface area contributed by atoms with Crippen molar-refractivity contribution in [2.45, 2.75) is 19.3 Å². The van der Waals surface area contributed by atoms with E-state index in [1.807, 2.05) is 48.8 Å². The second-order valence-electron chi connectivity index (χ2n) is 7.01. The Labute approximate surface area is 170 Å². The minimum atomic E-state index is 0.178. The SMILES string of the molecule is CCCN1CC(c2cnc3ccc(Nc4cc(OC)cc(OC)c4)cc3n2)C=N1. The van der Waals surface area contributed by atoms with Gasteiger partial charge in [-0.05, 0) is 24.6 Å². The highest BCUT2D eigenvalue weighted by Gasteiger charge is 2.20. The summed E-state index contributed by atoms with van der Waals surface area (Å²) in [6.45, 7) is 3.98. The number of nitrogens with zero attached hydrogens (tertiary/aromatic N) is 4. The number of fused-ring (bicyclic) bond motifs is 1. The Morgan fingerprint density at radius 3 is 2.55 bits per heavy atom. The van der Waals surface area contributed by atoms with Gasteiger partial charge in [0.15, 0.2) is 0 Å². The standard InChI is InChI=1S/C22H25N5O2/c1-4-7-27-14-15(12-24-27)22-13-23-20-6-5-16(10-21(20)26-22)25-17-8-18(28-2)11-19(9-17)29-3/h5-6,8-13,15,25H,4,7,14H2,1-3H3. The summed E-state index contributed by atoms with van der Waals surface area (Å²) in [5, 5.41) is 9.96. The van der Waals surface area contributed by atoms with Gasteiger partial charge in [0.05, 0.1) is 36.9 Å². The normalized spacial score (nSPS) is 15.7. The fraction of sp³-hybridized carbons (Fsp3) is 0.318. The molecule has 7 heteroatoms. The van der Waals surface area contributed by atoms with Gasteiger partial charge in [-0.3, -0.25) is 9.99 Å². The molecule has 1 atom stereocenters. The van der Waals surface area contributed by atoms with E-state index in [1.54, 1.807) is 14.2 Å². The minimum Gasteiger partial charge on any atom is -0.497 e. The molecule has 4 rings (SSSR count). The number of nitrogens with one attached hydrogen (secondary N) is 1. The number of rotatable bonds is 7. The lowest BCUT2D eigenvalue weighted by Gasteiger charge is -2.14. The van der Waals surface area contributed by atoms with Gasteiger partial charge in [-0.2, -0.15) is 5.10 Å². The van der Waals surface area contributed by atoms with Crippen molar-refractivity contribution < 1.29 is 9.47 Å². The van der Waals surface area contributed by atoms with E-state index < -0.39 is 0 Å². The zero-order valence-corrected chi connectivity index (χ0v) is 16.9. The average Bonchev–Trinajstić information content (AvgIpc) is 3.22. The van der Waals surface area contributed by atoms with Gasteiger partial charge in [0.1, 0.15) is 11.5 Å². The van der Waals surface area contributed by atoms with Crippen LogP contribution in [0.25, 0.3) is 11.0 Å². The molecule has 0 aliphatic carbocycles. The van der Waals surface area contributed by atoms with Crippen LogP contribution in [-0.2, 0) is 0 Å². The van der Waals surface area contributed by atoms with Crippen molar-refractivity contribution in [3.05, 3.63) is 48.3 Å². The Balaban J connectivity index is 1.58. The number of methoxy groups -OCH3 is 2. The van der Waals surface area contributed by atoms with Crippen LogP contribution >= 0.6 is 0 Å². The molecule has 0 bridgehead atoms. The van der Waals surface area contributed by atoms with Gasteiger partial charge in [0.25, 0.3) is 0 Å². The molecule has 1 N–H and O–H groups in total. The van der Waals surface area contributed by atoms with Crippen LogP contribution in [0.2, 0.25) is 0 Å². The van der Waals surface area contributed by atoms with E-state index in [9.17, 15) is 0 Å². The van der Waals surface area contributed by atoms with E-state index in [2.05, 4.69) is 27.3 Å². The molecule has 1 aliphatic heterocycles. The molecule has 0 radical (unpaired) electrons. The molecule has 1 aliphatic rings. The Bertz CT molecular complexity index is 1010. The Hall–Kier alpha value is -3.35. The maximum absolute atomic E-state index is 5.35. The van der Waals surface area contributed by atoms with Gasteiger partial charge in [0.2, 0.25) is 0 Å². The molecule has 0 amide bonds. The number of hydrazone groups is 1. The lowest BCUT2D eigenvalue weighted by atomic mass is 10.1. The highest BCUT2D eigenvalue weighted by Crippen LogP contribution is 2.29. The predicted molar refractivity (Wildman–Crippen MR) is 115 cm³/mol. The summed E-state index contributed by atoms with van der Waals surface area (Å²) in [5.41, 5.74) is 4.46. The minimum absolute atomic E-state index is 0.178. The second kappa shape index (κ2) is 8.34.